The van der Waals surface area contributed by atoms with Crippen molar-refractivity contribution in [2.75, 3.05) is 16.0 Å². The topological polar surface area (TPSA) is 96.8 Å². The lowest BCUT2D eigenvalue weighted by Gasteiger charge is -2.13. The summed E-state index contributed by atoms with van der Waals surface area (Å²) in [6.07, 6.45) is 7.28. The molecule has 5 aromatic rings. The zero-order valence-electron chi connectivity index (χ0n) is 20.3. The zero-order chi connectivity index (χ0) is 26.2. The number of aromatic nitrogens is 4. The lowest BCUT2D eigenvalue weighted by atomic mass is 10.1. The van der Waals surface area contributed by atoms with Gasteiger partial charge in [0.2, 0.25) is 0 Å². The SMILES string of the molecule is Cc1cn(-c2cc(CF)cc(Nc3ccc(Cl)c(NC(=O)c4csc5c(NC6CC6)ncnc45)c3)c2)cn1. The molecule has 0 unspecified atom stereocenters. The second kappa shape index (κ2) is 10.0. The molecule has 0 radical (unpaired) electrons. The number of aryl methyl sites for hydroxylation is 1. The Bertz CT molecular complexity index is 1660. The van der Waals surface area contributed by atoms with Crippen molar-refractivity contribution in [2.45, 2.75) is 32.5 Å². The minimum absolute atomic E-state index is 0.316. The summed E-state index contributed by atoms with van der Waals surface area (Å²) in [4.78, 5) is 26.2. The molecular formula is C27H23ClFN7OS. The molecule has 1 amide bonds. The van der Waals surface area contributed by atoms with E-state index in [9.17, 15) is 9.18 Å². The van der Waals surface area contributed by atoms with E-state index in [1.54, 1.807) is 42.0 Å². The molecule has 11 heteroatoms. The van der Waals surface area contributed by atoms with Gasteiger partial charge in [0, 0.05) is 34.7 Å². The van der Waals surface area contributed by atoms with Gasteiger partial charge in [0.15, 0.2) is 0 Å². The van der Waals surface area contributed by atoms with Crippen molar-refractivity contribution in [3.63, 3.8) is 0 Å². The van der Waals surface area contributed by atoms with Gasteiger partial charge >= 0.3 is 0 Å². The van der Waals surface area contributed by atoms with Crippen molar-refractivity contribution >= 4 is 61.9 Å². The van der Waals surface area contributed by atoms with Crippen molar-refractivity contribution in [1.82, 2.24) is 19.5 Å². The van der Waals surface area contributed by atoms with Gasteiger partial charge < -0.3 is 20.5 Å². The number of benzene rings is 2. The molecule has 6 rings (SSSR count). The number of halogens is 2. The van der Waals surface area contributed by atoms with Crippen LogP contribution in [0, 0.1) is 6.92 Å². The Hall–Kier alpha value is -4.02. The summed E-state index contributed by atoms with van der Waals surface area (Å²) >= 11 is 7.86. The van der Waals surface area contributed by atoms with Crippen LogP contribution < -0.4 is 16.0 Å². The Kier molecular flexibility index (Phi) is 6.42. The first-order valence-electron chi connectivity index (χ1n) is 12.0. The maximum absolute atomic E-state index is 13.6. The fourth-order valence-electron chi connectivity index (χ4n) is 4.13. The fourth-order valence-corrected chi connectivity index (χ4v) is 5.24. The smallest absolute Gasteiger partial charge is 0.258 e. The van der Waals surface area contributed by atoms with Gasteiger partial charge in [0.25, 0.3) is 5.91 Å². The summed E-state index contributed by atoms with van der Waals surface area (Å²) < 4.78 is 16.3. The molecule has 8 nitrogen and oxygen atoms in total. The molecular weight excluding hydrogens is 525 g/mol. The highest BCUT2D eigenvalue weighted by Crippen LogP contribution is 2.34. The van der Waals surface area contributed by atoms with Gasteiger partial charge in [-0.25, -0.2) is 19.3 Å². The van der Waals surface area contributed by atoms with Crippen LogP contribution in [0.2, 0.25) is 5.02 Å². The maximum atomic E-state index is 13.6. The highest BCUT2D eigenvalue weighted by Gasteiger charge is 2.24. The average molecular weight is 548 g/mol. The highest BCUT2D eigenvalue weighted by molar-refractivity contribution is 7.18. The molecule has 1 aliphatic carbocycles. The van der Waals surface area contributed by atoms with Crippen LogP contribution in [0.3, 0.4) is 0 Å². The van der Waals surface area contributed by atoms with Crippen LogP contribution in [0.25, 0.3) is 15.9 Å². The van der Waals surface area contributed by atoms with E-state index in [0.717, 1.165) is 34.7 Å². The average Bonchev–Trinajstić information content (AvgIpc) is 3.44. The standard InChI is InChI=1S/C27H23ClFN7OS/c1-15-11-36(14-32-15)20-7-16(10-29)6-19(8-20)33-18-4-5-22(28)23(9-18)35-27(37)21-12-38-25-24(21)30-13-31-26(25)34-17-2-3-17/h4-9,11-14,17,33H,2-3,10H2,1H3,(H,35,37)(H,30,31,34). The molecule has 0 saturated heterocycles. The van der Waals surface area contributed by atoms with Crippen LogP contribution in [-0.4, -0.2) is 31.5 Å². The van der Waals surface area contributed by atoms with E-state index in [0.29, 0.717) is 44.8 Å². The number of carbonyl (C=O) groups is 1. The number of hydrogen-bond donors (Lipinski definition) is 3. The Morgan fingerprint density at radius 2 is 2.03 bits per heavy atom. The fraction of sp³-hybridized carbons (Fsp3) is 0.185. The largest absolute Gasteiger partial charge is 0.366 e. The predicted octanol–water partition coefficient (Wildman–Crippen LogP) is 6.88. The number of alkyl halides is 1. The Morgan fingerprint density at radius 1 is 1.16 bits per heavy atom. The van der Waals surface area contributed by atoms with Crippen molar-refractivity contribution in [1.29, 1.82) is 0 Å². The summed E-state index contributed by atoms with van der Waals surface area (Å²) in [6.45, 7) is 1.29. The third kappa shape index (κ3) is 5.05. The molecule has 1 saturated carbocycles. The lowest BCUT2D eigenvalue weighted by molar-refractivity contribution is 0.102. The first kappa shape index (κ1) is 24.3. The molecule has 3 heterocycles. The number of nitrogens with one attached hydrogen (secondary N) is 3. The first-order valence-corrected chi connectivity index (χ1v) is 13.3. The minimum atomic E-state index is -0.603. The minimum Gasteiger partial charge on any atom is -0.366 e. The number of anilines is 4. The predicted molar refractivity (Wildman–Crippen MR) is 150 cm³/mol. The normalized spacial score (nSPS) is 13.0. The number of carbonyl (C=O) groups excluding carboxylic acids is 1. The molecule has 0 spiro atoms. The summed E-state index contributed by atoms with van der Waals surface area (Å²) in [6, 6.07) is 11.1. The summed E-state index contributed by atoms with van der Waals surface area (Å²) in [5.74, 6) is 0.440. The highest BCUT2D eigenvalue weighted by atomic mass is 35.5. The van der Waals surface area contributed by atoms with Crippen molar-refractivity contribution in [3.8, 4) is 5.69 Å². The van der Waals surface area contributed by atoms with Crippen LogP contribution in [-0.2, 0) is 6.67 Å². The van der Waals surface area contributed by atoms with Gasteiger partial charge in [-0.15, -0.1) is 11.3 Å². The molecule has 1 fully saturated rings. The van der Waals surface area contributed by atoms with Crippen molar-refractivity contribution in [3.05, 3.63) is 82.5 Å². The van der Waals surface area contributed by atoms with Crippen LogP contribution in [0.1, 0.15) is 34.5 Å². The van der Waals surface area contributed by atoms with Crippen LogP contribution in [0.4, 0.5) is 27.3 Å². The second-order valence-corrected chi connectivity index (χ2v) is 10.5. The van der Waals surface area contributed by atoms with Gasteiger partial charge in [-0.2, -0.15) is 0 Å². The van der Waals surface area contributed by atoms with E-state index in [2.05, 4.69) is 30.9 Å². The number of fused-ring (bicyclic) bond motifs is 1. The Morgan fingerprint density at radius 3 is 2.79 bits per heavy atom. The number of rotatable bonds is 8. The summed E-state index contributed by atoms with van der Waals surface area (Å²) in [7, 11) is 0. The van der Waals surface area contributed by atoms with Gasteiger partial charge in [-0.05, 0) is 61.7 Å². The van der Waals surface area contributed by atoms with Gasteiger partial charge in [0.05, 0.1) is 38.5 Å². The maximum Gasteiger partial charge on any atom is 0.258 e. The van der Waals surface area contributed by atoms with Gasteiger partial charge in [0.1, 0.15) is 18.8 Å². The van der Waals surface area contributed by atoms with E-state index in [1.807, 2.05) is 23.8 Å². The second-order valence-electron chi connectivity index (χ2n) is 9.19. The Labute approximate surface area is 226 Å². The molecule has 192 valence electrons. The molecule has 2 aromatic carbocycles. The lowest BCUT2D eigenvalue weighted by Crippen LogP contribution is -2.12. The quantitative estimate of drug-likeness (QED) is 0.196. The number of amides is 1. The molecule has 0 aliphatic heterocycles. The molecule has 3 N–H and O–H groups in total. The summed E-state index contributed by atoms with van der Waals surface area (Å²) in [5, 5.41) is 11.8. The third-order valence-corrected chi connectivity index (χ3v) is 7.47. The van der Waals surface area contributed by atoms with E-state index < -0.39 is 6.67 Å². The van der Waals surface area contributed by atoms with E-state index in [4.69, 9.17) is 11.6 Å². The van der Waals surface area contributed by atoms with Crippen LogP contribution >= 0.6 is 22.9 Å². The summed E-state index contributed by atoms with van der Waals surface area (Å²) in [5.41, 5.74) is 5.05. The number of imidazole rings is 1. The van der Waals surface area contributed by atoms with E-state index in [1.165, 1.54) is 17.7 Å². The van der Waals surface area contributed by atoms with Gasteiger partial charge in [-0.1, -0.05) is 11.6 Å². The van der Waals surface area contributed by atoms with E-state index >= 15 is 0 Å². The van der Waals surface area contributed by atoms with Crippen molar-refractivity contribution < 1.29 is 9.18 Å². The number of nitrogens with zero attached hydrogens (tertiary/aromatic N) is 4. The van der Waals surface area contributed by atoms with Crippen molar-refractivity contribution in [2.24, 2.45) is 0 Å². The monoisotopic (exact) mass is 547 g/mol. The number of thiophene rings is 1. The molecule has 3 aromatic heterocycles. The molecule has 38 heavy (non-hydrogen) atoms. The van der Waals surface area contributed by atoms with E-state index in [-0.39, 0.29) is 5.91 Å². The van der Waals surface area contributed by atoms with Crippen LogP contribution in [0.15, 0.2) is 60.6 Å². The third-order valence-electron chi connectivity index (χ3n) is 6.16. The first-order chi connectivity index (χ1) is 18.5. The zero-order valence-corrected chi connectivity index (χ0v) is 21.9. The van der Waals surface area contributed by atoms with Gasteiger partial charge in [-0.3, -0.25) is 4.79 Å². The number of hydrogen-bond acceptors (Lipinski definition) is 7. The molecule has 0 bridgehead atoms. The molecule has 1 aliphatic rings. The Balaban J connectivity index is 1.25. The van der Waals surface area contributed by atoms with Crippen LogP contribution in [0.5, 0.6) is 0 Å². The molecule has 0 atom stereocenters.